The topological polar surface area (TPSA) is 85.8 Å². The molecule has 7 heteroatoms. The van der Waals surface area contributed by atoms with Crippen LogP contribution in [0.3, 0.4) is 0 Å². The van der Waals surface area contributed by atoms with Crippen molar-refractivity contribution in [2.45, 2.75) is 19.9 Å². The zero-order valence-electron chi connectivity index (χ0n) is 13.7. The van der Waals surface area contributed by atoms with Gasteiger partial charge in [0.15, 0.2) is 0 Å². The summed E-state index contributed by atoms with van der Waals surface area (Å²) in [6, 6.07) is 5.88. The van der Waals surface area contributed by atoms with Crippen molar-refractivity contribution in [1.82, 2.24) is 14.5 Å². The number of nitrogens with one attached hydrogen (secondary N) is 1. The third-order valence-corrected chi connectivity index (χ3v) is 3.82. The number of anilines is 2. The molecule has 3 aromatic rings. The van der Waals surface area contributed by atoms with Gasteiger partial charge in [-0.3, -0.25) is 9.36 Å². The summed E-state index contributed by atoms with van der Waals surface area (Å²) >= 11 is 0. The second-order valence-electron chi connectivity index (χ2n) is 5.79. The van der Waals surface area contributed by atoms with Gasteiger partial charge in [-0.15, -0.1) is 0 Å². The molecule has 0 amide bonds. The van der Waals surface area contributed by atoms with Gasteiger partial charge in [0.2, 0.25) is 5.95 Å². The molecule has 1 aromatic carbocycles. The van der Waals surface area contributed by atoms with Crippen LogP contribution in [-0.4, -0.2) is 21.6 Å². The molecule has 3 rings (SSSR count). The molecule has 0 aliphatic carbocycles. The van der Waals surface area contributed by atoms with Crippen LogP contribution in [0.4, 0.5) is 16.0 Å². The van der Waals surface area contributed by atoms with Crippen molar-refractivity contribution in [2.24, 2.45) is 0 Å². The normalized spacial score (nSPS) is 11.2. The van der Waals surface area contributed by atoms with Crippen LogP contribution in [-0.2, 0) is 0 Å². The number of fused-ring (bicyclic) bond motifs is 1. The lowest BCUT2D eigenvalue weighted by Gasteiger charge is -2.16. The second-order valence-corrected chi connectivity index (χ2v) is 5.79. The molecule has 2 heterocycles. The number of aromatic nitrogens is 3. The van der Waals surface area contributed by atoms with E-state index in [4.69, 9.17) is 5.73 Å². The molecule has 0 aliphatic rings. The van der Waals surface area contributed by atoms with Gasteiger partial charge < -0.3 is 11.1 Å². The minimum Gasteiger partial charge on any atom is -0.396 e. The van der Waals surface area contributed by atoms with Gasteiger partial charge in [0.05, 0.1) is 5.69 Å². The summed E-state index contributed by atoms with van der Waals surface area (Å²) < 4.78 is 15.0. The quantitative estimate of drug-likeness (QED) is 0.723. The third-order valence-electron chi connectivity index (χ3n) is 3.82. The first-order valence-corrected chi connectivity index (χ1v) is 7.57. The third kappa shape index (κ3) is 2.58. The zero-order chi connectivity index (χ0) is 17.4. The number of rotatable bonds is 3. The van der Waals surface area contributed by atoms with Crippen molar-refractivity contribution in [1.29, 1.82) is 0 Å². The molecule has 0 unspecified atom stereocenters. The van der Waals surface area contributed by atoms with Crippen molar-refractivity contribution in [3.8, 4) is 11.1 Å². The number of nitrogens with two attached hydrogens (primary N) is 1. The average Bonchev–Trinajstić information content (AvgIpc) is 2.56. The van der Waals surface area contributed by atoms with Gasteiger partial charge in [-0.05, 0) is 37.6 Å². The fraction of sp³-hybridized carbons (Fsp3) is 0.235. The molecular formula is C17H18FN5O. The molecule has 124 valence electrons. The lowest BCUT2D eigenvalue weighted by molar-refractivity contribution is 0.596. The van der Waals surface area contributed by atoms with Gasteiger partial charge in [0.25, 0.3) is 5.56 Å². The SMILES string of the molecule is CNc1ncc2cc(-c3ccc(F)c(N)c3)c(=O)n(C(C)C)c2n1. The van der Waals surface area contributed by atoms with Gasteiger partial charge in [-0.25, -0.2) is 9.37 Å². The van der Waals surface area contributed by atoms with E-state index in [1.165, 1.54) is 12.1 Å². The summed E-state index contributed by atoms with van der Waals surface area (Å²) in [4.78, 5) is 21.6. The number of hydrogen-bond acceptors (Lipinski definition) is 5. The summed E-state index contributed by atoms with van der Waals surface area (Å²) in [5.74, 6) is -0.0687. The molecule has 2 aromatic heterocycles. The Morgan fingerprint density at radius 2 is 2.04 bits per heavy atom. The number of pyridine rings is 1. The molecule has 6 nitrogen and oxygen atoms in total. The van der Waals surface area contributed by atoms with E-state index >= 15 is 0 Å². The van der Waals surface area contributed by atoms with Crippen LogP contribution in [0.25, 0.3) is 22.2 Å². The Hall–Kier alpha value is -2.96. The molecule has 0 aliphatic heterocycles. The lowest BCUT2D eigenvalue weighted by atomic mass is 10.0. The number of nitrogens with zero attached hydrogens (tertiary/aromatic N) is 3. The van der Waals surface area contributed by atoms with E-state index in [9.17, 15) is 9.18 Å². The standard InChI is InChI=1S/C17H18FN5O/c1-9(2)23-15-11(8-21-17(20-3)22-15)6-12(16(23)24)10-4-5-13(18)14(19)7-10/h4-9H,19H2,1-3H3,(H,20,21,22). The van der Waals surface area contributed by atoms with Gasteiger partial charge in [0.1, 0.15) is 11.5 Å². The summed E-state index contributed by atoms with van der Waals surface area (Å²) in [6.45, 7) is 3.82. The number of benzene rings is 1. The fourth-order valence-corrected chi connectivity index (χ4v) is 2.64. The van der Waals surface area contributed by atoms with E-state index in [0.29, 0.717) is 22.7 Å². The predicted molar refractivity (Wildman–Crippen MR) is 93.5 cm³/mol. The van der Waals surface area contributed by atoms with Crippen LogP contribution in [0.15, 0.2) is 35.3 Å². The monoisotopic (exact) mass is 327 g/mol. The summed E-state index contributed by atoms with van der Waals surface area (Å²) in [5, 5.41) is 3.59. The van der Waals surface area contributed by atoms with Gasteiger partial charge in [-0.1, -0.05) is 6.07 Å². The molecule has 0 bridgehead atoms. The van der Waals surface area contributed by atoms with Gasteiger partial charge >= 0.3 is 0 Å². The van der Waals surface area contributed by atoms with E-state index in [-0.39, 0.29) is 17.3 Å². The highest BCUT2D eigenvalue weighted by Gasteiger charge is 2.16. The van der Waals surface area contributed by atoms with Crippen LogP contribution < -0.4 is 16.6 Å². The molecule has 0 radical (unpaired) electrons. The van der Waals surface area contributed by atoms with Crippen molar-refractivity contribution in [3.63, 3.8) is 0 Å². The maximum Gasteiger partial charge on any atom is 0.260 e. The Bertz CT molecular complexity index is 981. The molecule has 0 spiro atoms. The largest absolute Gasteiger partial charge is 0.396 e. The Labute approximate surface area is 138 Å². The number of hydrogen-bond donors (Lipinski definition) is 2. The highest BCUT2D eigenvalue weighted by Crippen LogP contribution is 2.25. The first-order chi connectivity index (χ1) is 11.4. The van der Waals surface area contributed by atoms with Crippen molar-refractivity contribution in [3.05, 3.63) is 46.6 Å². The highest BCUT2D eigenvalue weighted by molar-refractivity contribution is 5.82. The number of halogens is 1. The molecule has 0 atom stereocenters. The first-order valence-electron chi connectivity index (χ1n) is 7.57. The summed E-state index contributed by atoms with van der Waals surface area (Å²) in [6.07, 6.45) is 1.66. The zero-order valence-corrected chi connectivity index (χ0v) is 13.7. The second kappa shape index (κ2) is 5.92. The fourth-order valence-electron chi connectivity index (χ4n) is 2.64. The number of nitrogen functional groups attached to an aromatic ring is 1. The van der Waals surface area contributed by atoms with E-state index < -0.39 is 5.82 Å². The molecule has 24 heavy (non-hydrogen) atoms. The molecule has 0 fully saturated rings. The Morgan fingerprint density at radius 1 is 1.29 bits per heavy atom. The van der Waals surface area contributed by atoms with Gasteiger partial charge in [-0.2, -0.15) is 4.98 Å². The van der Waals surface area contributed by atoms with E-state index in [2.05, 4.69) is 15.3 Å². The summed E-state index contributed by atoms with van der Waals surface area (Å²) in [5.41, 5.74) is 6.99. The van der Waals surface area contributed by atoms with Crippen LogP contribution in [0.1, 0.15) is 19.9 Å². The van der Waals surface area contributed by atoms with Crippen LogP contribution >= 0.6 is 0 Å². The molecule has 0 saturated carbocycles. The lowest BCUT2D eigenvalue weighted by Crippen LogP contribution is -2.25. The molecule has 0 saturated heterocycles. The smallest absolute Gasteiger partial charge is 0.260 e. The van der Waals surface area contributed by atoms with Crippen LogP contribution in [0.2, 0.25) is 0 Å². The van der Waals surface area contributed by atoms with Crippen molar-refractivity contribution < 1.29 is 4.39 Å². The maximum absolute atomic E-state index is 13.4. The Kier molecular flexibility index (Phi) is 3.92. The predicted octanol–water partition coefficient (Wildman–Crippen LogP) is 2.80. The van der Waals surface area contributed by atoms with E-state index in [1.807, 2.05) is 13.8 Å². The van der Waals surface area contributed by atoms with Crippen molar-refractivity contribution in [2.75, 3.05) is 18.1 Å². The van der Waals surface area contributed by atoms with Crippen LogP contribution in [0, 0.1) is 5.82 Å². The van der Waals surface area contributed by atoms with Gasteiger partial charge in [0, 0.05) is 30.2 Å². The minimum absolute atomic E-state index is 0.00451. The van der Waals surface area contributed by atoms with E-state index in [0.717, 1.165) is 5.39 Å². The van der Waals surface area contributed by atoms with E-state index in [1.54, 1.807) is 29.9 Å². The average molecular weight is 327 g/mol. The minimum atomic E-state index is -0.509. The highest BCUT2D eigenvalue weighted by atomic mass is 19.1. The maximum atomic E-state index is 13.4. The van der Waals surface area contributed by atoms with Crippen molar-refractivity contribution >= 4 is 22.7 Å². The first kappa shape index (κ1) is 15.9. The van der Waals surface area contributed by atoms with Crippen LogP contribution in [0.5, 0.6) is 0 Å². The molecular weight excluding hydrogens is 309 g/mol. The molecule has 3 N–H and O–H groups in total. The Balaban J connectivity index is 2.36. The Morgan fingerprint density at radius 3 is 2.67 bits per heavy atom. The summed E-state index contributed by atoms with van der Waals surface area (Å²) in [7, 11) is 1.72.